The van der Waals surface area contributed by atoms with E-state index in [-0.39, 0.29) is 6.79 Å². The van der Waals surface area contributed by atoms with Crippen LogP contribution in [0.3, 0.4) is 0 Å². The van der Waals surface area contributed by atoms with Gasteiger partial charge in [-0.1, -0.05) is 99.1 Å². The second kappa shape index (κ2) is 10.9. The van der Waals surface area contributed by atoms with Crippen molar-refractivity contribution < 1.29 is 9.47 Å². The average molecular weight is 458 g/mol. The molecule has 0 aromatic heterocycles. The van der Waals surface area contributed by atoms with E-state index in [1.54, 1.807) is 7.11 Å². The number of methoxy groups -OCH3 is 1. The Hall–Kier alpha value is -2.50. The molecule has 0 N–H and O–H groups in total. The minimum atomic E-state index is -0.666. The molecule has 0 aliphatic carbocycles. The maximum atomic E-state index is 5.91. The molecule has 0 aliphatic rings. The Labute approximate surface area is 194 Å². The molecule has 4 aromatic rings. The molecule has 0 saturated heterocycles. The van der Waals surface area contributed by atoms with Gasteiger partial charge in [0.25, 0.3) is 0 Å². The third kappa shape index (κ3) is 5.28. The van der Waals surface area contributed by atoms with E-state index in [9.17, 15) is 0 Å². The van der Waals surface area contributed by atoms with Gasteiger partial charge in [0.2, 0.25) is 0 Å². The molecule has 162 valence electrons. The van der Waals surface area contributed by atoms with Crippen molar-refractivity contribution in [1.29, 1.82) is 0 Å². The molecule has 4 rings (SSSR count). The van der Waals surface area contributed by atoms with E-state index in [2.05, 4.69) is 111 Å². The van der Waals surface area contributed by atoms with Crippen molar-refractivity contribution >= 4 is 43.0 Å². The van der Waals surface area contributed by atoms with Gasteiger partial charge in [0.1, 0.15) is 5.75 Å². The summed E-state index contributed by atoms with van der Waals surface area (Å²) >= 11 is 0. The van der Waals surface area contributed by atoms with Crippen LogP contribution in [0, 0.1) is 13.8 Å². The van der Waals surface area contributed by atoms with Crippen molar-refractivity contribution in [2.75, 3.05) is 13.9 Å². The smallest absolute Gasteiger partial charge is 0.188 e. The quantitative estimate of drug-likeness (QED) is 0.282. The molecule has 32 heavy (non-hydrogen) atoms. The highest BCUT2D eigenvalue weighted by molar-refractivity contribution is 7.81. The molecular formula is C28H28O2P2. The molecule has 4 aromatic carbocycles. The minimum absolute atomic E-state index is 0.252. The molecule has 0 spiro atoms. The zero-order valence-electron chi connectivity index (χ0n) is 18.7. The van der Waals surface area contributed by atoms with Crippen molar-refractivity contribution in [3.63, 3.8) is 0 Å². The normalized spacial score (nSPS) is 11.4. The second-order valence-corrected chi connectivity index (χ2v) is 11.1. The van der Waals surface area contributed by atoms with Gasteiger partial charge in [0.15, 0.2) is 6.79 Å². The highest BCUT2D eigenvalue weighted by atomic mass is 31.1. The van der Waals surface area contributed by atoms with E-state index in [0.29, 0.717) is 8.58 Å². The summed E-state index contributed by atoms with van der Waals surface area (Å²) in [5.74, 6) is 0.897. The summed E-state index contributed by atoms with van der Waals surface area (Å²) in [6.45, 7) is 4.61. The lowest BCUT2D eigenvalue weighted by atomic mass is 10.2. The fourth-order valence-electron chi connectivity index (χ4n) is 3.71. The Balaban J connectivity index is 1.84. The molecule has 4 heteroatoms. The van der Waals surface area contributed by atoms with Crippen LogP contribution in [0.1, 0.15) is 11.1 Å². The maximum Gasteiger partial charge on any atom is 0.188 e. The van der Waals surface area contributed by atoms with Gasteiger partial charge >= 0.3 is 0 Å². The molecule has 0 heterocycles. The number of hydrogen-bond acceptors (Lipinski definition) is 2. The zero-order chi connectivity index (χ0) is 22.3. The van der Waals surface area contributed by atoms with Gasteiger partial charge in [0, 0.05) is 12.4 Å². The number of rotatable bonds is 8. The molecule has 0 fully saturated rings. The predicted octanol–water partition coefficient (Wildman–Crippen LogP) is 4.67. The van der Waals surface area contributed by atoms with Crippen LogP contribution < -0.4 is 31.3 Å². The van der Waals surface area contributed by atoms with Crippen molar-refractivity contribution in [2.24, 2.45) is 0 Å². The molecule has 0 radical (unpaired) electrons. The van der Waals surface area contributed by atoms with E-state index in [0.717, 1.165) is 5.75 Å². The van der Waals surface area contributed by atoms with Crippen LogP contribution in [0.2, 0.25) is 0 Å². The molecule has 0 saturated carbocycles. The van der Waals surface area contributed by atoms with Crippen LogP contribution in [0.25, 0.3) is 0 Å². The number of hydrogen-bond donors (Lipinski definition) is 0. The van der Waals surface area contributed by atoms with Crippen LogP contribution >= 0.6 is 16.5 Å². The molecular weight excluding hydrogens is 430 g/mol. The summed E-state index contributed by atoms with van der Waals surface area (Å²) in [5, 5.41) is 6.76. The Kier molecular flexibility index (Phi) is 7.72. The Morgan fingerprint density at radius 3 is 2.03 bits per heavy atom. The predicted molar refractivity (Wildman–Crippen MR) is 141 cm³/mol. The standard InChI is InChI=1S/C28H28O2P2/c1-21-17-18-25(30-20-29-3)26(19-21)31-28-22(2)11-10-16-27(28)32(23-12-6-4-7-13-23)24-14-8-5-9-15-24/h4-19,31H,20H2,1-3H3. The summed E-state index contributed by atoms with van der Waals surface area (Å²) in [5.41, 5.74) is 2.56. The van der Waals surface area contributed by atoms with Crippen molar-refractivity contribution in [3.8, 4) is 5.75 Å². The number of ether oxygens (including phenoxy) is 2. The van der Waals surface area contributed by atoms with Gasteiger partial charge in [0.05, 0.1) is 0 Å². The summed E-state index contributed by atoms with van der Waals surface area (Å²) < 4.78 is 11.1. The van der Waals surface area contributed by atoms with Crippen LogP contribution in [0.4, 0.5) is 0 Å². The van der Waals surface area contributed by atoms with Crippen molar-refractivity contribution in [1.82, 2.24) is 0 Å². The number of benzene rings is 4. The minimum Gasteiger partial charge on any atom is -0.467 e. The summed E-state index contributed by atoms with van der Waals surface area (Å²) in [6.07, 6.45) is 0. The average Bonchev–Trinajstić information content (AvgIpc) is 2.82. The van der Waals surface area contributed by atoms with Gasteiger partial charge in [-0.15, -0.1) is 0 Å². The van der Waals surface area contributed by atoms with Crippen LogP contribution in [0.5, 0.6) is 5.75 Å². The monoisotopic (exact) mass is 458 g/mol. The second-order valence-electron chi connectivity index (χ2n) is 7.65. The van der Waals surface area contributed by atoms with Crippen LogP contribution in [-0.4, -0.2) is 13.9 Å². The van der Waals surface area contributed by atoms with Gasteiger partial charge in [-0.25, -0.2) is 0 Å². The topological polar surface area (TPSA) is 18.5 Å². The highest BCUT2D eigenvalue weighted by Gasteiger charge is 2.21. The Bertz CT molecular complexity index is 1120. The summed E-state index contributed by atoms with van der Waals surface area (Å²) in [6, 6.07) is 34.9. The first-order valence-corrected chi connectivity index (χ1v) is 13.0. The molecule has 2 nitrogen and oxygen atoms in total. The SMILES string of the molecule is COCOc1ccc(C)cc1Pc1c(C)cccc1P(c1ccccc1)c1ccccc1. The fraction of sp³-hybridized carbons (Fsp3) is 0.143. The van der Waals surface area contributed by atoms with Gasteiger partial charge < -0.3 is 9.47 Å². The lowest BCUT2D eigenvalue weighted by molar-refractivity contribution is 0.0519. The van der Waals surface area contributed by atoms with Crippen LogP contribution in [-0.2, 0) is 4.74 Å². The first kappa shape index (κ1) is 22.7. The first-order valence-electron chi connectivity index (χ1n) is 10.7. The largest absolute Gasteiger partial charge is 0.467 e. The highest BCUT2D eigenvalue weighted by Crippen LogP contribution is 2.34. The molecule has 1 unspecified atom stereocenters. The molecule has 1 atom stereocenters. The fourth-order valence-corrected chi connectivity index (χ4v) is 7.98. The zero-order valence-corrected chi connectivity index (χ0v) is 20.6. The van der Waals surface area contributed by atoms with E-state index in [1.165, 1.54) is 37.6 Å². The maximum absolute atomic E-state index is 5.91. The van der Waals surface area contributed by atoms with E-state index < -0.39 is 7.92 Å². The van der Waals surface area contributed by atoms with Crippen LogP contribution in [0.15, 0.2) is 97.1 Å². The lowest BCUT2D eigenvalue weighted by Crippen LogP contribution is -2.31. The van der Waals surface area contributed by atoms with Crippen molar-refractivity contribution in [3.05, 3.63) is 108 Å². The van der Waals surface area contributed by atoms with Gasteiger partial charge in [-0.2, -0.15) is 0 Å². The number of aryl methyl sites for hydroxylation is 2. The van der Waals surface area contributed by atoms with Gasteiger partial charge in [-0.3, -0.25) is 0 Å². The Morgan fingerprint density at radius 2 is 1.41 bits per heavy atom. The molecule has 0 aliphatic heterocycles. The van der Waals surface area contributed by atoms with E-state index in [1.807, 2.05) is 0 Å². The first-order chi connectivity index (χ1) is 15.7. The third-order valence-electron chi connectivity index (χ3n) is 5.25. The summed E-state index contributed by atoms with van der Waals surface area (Å²) in [7, 11) is 1.49. The van der Waals surface area contributed by atoms with Crippen molar-refractivity contribution in [2.45, 2.75) is 13.8 Å². The van der Waals surface area contributed by atoms with Gasteiger partial charge in [-0.05, 0) is 60.7 Å². The lowest BCUT2D eigenvalue weighted by Gasteiger charge is -2.24. The van der Waals surface area contributed by atoms with E-state index in [4.69, 9.17) is 9.47 Å². The molecule has 0 amide bonds. The van der Waals surface area contributed by atoms with E-state index >= 15 is 0 Å². The molecule has 0 bridgehead atoms. The third-order valence-corrected chi connectivity index (χ3v) is 9.52. The summed E-state index contributed by atoms with van der Waals surface area (Å²) in [4.78, 5) is 0. The Morgan fingerprint density at radius 1 is 0.750 bits per heavy atom.